The average Bonchev–Trinajstić information content (AvgIpc) is 2.29. The van der Waals surface area contributed by atoms with Gasteiger partial charge >= 0.3 is 0 Å². The number of rotatable bonds is 3. The summed E-state index contributed by atoms with van der Waals surface area (Å²) in [5, 5.41) is 11.7. The van der Waals surface area contributed by atoms with Crippen molar-refractivity contribution in [3.05, 3.63) is 48.0 Å². The maximum absolute atomic E-state index is 9.07. The second-order valence-electron chi connectivity index (χ2n) is 4.13. The largest absolute Gasteiger partial charge is 0.396 e. The molecule has 0 aliphatic heterocycles. The van der Waals surface area contributed by atoms with Gasteiger partial charge in [0.1, 0.15) is 0 Å². The molecule has 0 aliphatic carbocycles. The van der Waals surface area contributed by atoms with Crippen LogP contribution in [0.5, 0.6) is 0 Å². The van der Waals surface area contributed by atoms with Crippen LogP contribution in [0, 0.1) is 5.92 Å². The van der Waals surface area contributed by atoms with E-state index in [-0.39, 0.29) is 6.61 Å². The molecule has 0 amide bonds. The van der Waals surface area contributed by atoms with Gasteiger partial charge in [-0.25, -0.2) is 0 Å². The first-order valence-electron chi connectivity index (χ1n) is 5.38. The van der Waals surface area contributed by atoms with Gasteiger partial charge in [0.25, 0.3) is 0 Å². The maximum Gasteiger partial charge on any atom is 0.0459 e. The Morgan fingerprint density at radius 3 is 2.60 bits per heavy atom. The van der Waals surface area contributed by atoms with E-state index >= 15 is 0 Å². The fraction of sp³-hybridized carbons (Fsp3) is 0.286. The van der Waals surface area contributed by atoms with E-state index in [1.54, 1.807) is 0 Å². The molecular formula is C14H16O. The molecular weight excluding hydrogens is 184 g/mol. The third kappa shape index (κ3) is 2.18. The predicted octanol–water partition coefficient (Wildman–Crippen LogP) is 3.01. The van der Waals surface area contributed by atoms with Gasteiger partial charge < -0.3 is 5.11 Å². The molecule has 1 atom stereocenters. The molecule has 15 heavy (non-hydrogen) atoms. The zero-order chi connectivity index (χ0) is 10.7. The second kappa shape index (κ2) is 4.45. The predicted molar refractivity (Wildman–Crippen MR) is 63.9 cm³/mol. The summed E-state index contributed by atoms with van der Waals surface area (Å²) in [6.45, 7) is 2.32. The summed E-state index contributed by atoms with van der Waals surface area (Å²) >= 11 is 0. The van der Waals surface area contributed by atoms with Crippen LogP contribution in [0.25, 0.3) is 10.8 Å². The standard InChI is InChI=1S/C14H16O/c1-11(10-15)9-13-7-4-6-12-5-2-3-8-14(12)13/h2-8,11,15H,9-10H2,1H3/t11-/m1/s1. The van der Waals surface area contributed by atoms with Crippen molar-refractivity contribution in [2.45, 2.75) is 13.3 Å². The lowest BCUT2D eigenvalue weighted by molar-refractivity contribution is 0.237. The zero-order valence-electron chi connectivity index (χ0n) is 8.98. The highest BCUT2D eigenvalue weighted by Crippen LogP contribution is 2.20. The van der Waals surface area contributed by atoms with Crippen molar-refractivity contribution in [1.82, 2.24) is 0 Å². The van der Waals surface area contributed by atoms with Crippen LogP contribution in [0.15, 0.2) is 42.5 Å². The Kier molecular flexibility index (Phi) is 3.02. The lowest BCUT2D eigenvalue weighted by Gasteiger charge is -2.10. The molecule has 1 nitrogen and oxygen atoms in total. The summed E-state index contributed by atoms with van der Waals surface area (Å²) in [4.78, 5) is 0. The first-order chi connectivity index (χ1) is 7.31. The highest BCUT2D eigenvalue weighted by Gasteiger charge is 2.04. The lowest BCUT2D eigenvalue weighted by atomic mass is 9.96. The molecule has 0 aromatic heterocycles. The van der Waals surface area contributed by atoms with Crippen molar-refractivity contribution in [2.75, 3.05) is 6.61 Å². The van der Waals surface area contributed by atoms with Gasteiger partial charge in [0, 0.05) is 6.61 Å². The first kappa shape index (κ1) is 10.2. The monoisotopic (exact) mass is 200 g/mol. The molecule has 0 radical (unpaired) electrons. The van der Waals surface area contributed by atoms with E-state index < -0.39 is 0 Å². The number of fused-ring (bicyclic) bond motifs is 1. The molecule has 1 N–H and O–H groups in total. The topological polar surface area (TPSA) is 20.2 Å². The number of hydrogen-bond donors (Lipinski definition) is 1. The minimum atomic E-state index is 0.253. The van der Waals surface area contributed by atoms with Gasteiger partial charge in [-0.3, -0.25) is 0 Å². The molecule has 0 aliphatic rings. The van der Waals surface area contributed by atoms with Crippen molar-refractivity contribution in [1.29, 1.82) is 0 Å². The molecule has 78 valence electrons. The molecule has 2 aromatic rings. The van der Waals surface area contributed by atoms with Crippen LogP contribution in [-0.2, 0) is 6.42 Å². The minimum absolute atomic E-state index is 0.253. The smallest absolute Gasteiger partial charge is 0.0459 e. The van der Waals surface area contributed by atoms with Gasteiger partial charge in [-0.1, -0.05) is 49.4 Å². The fourth-order valence-electron chi connectivity index (χ4n) is 1.91. The molecule has 0 heterocycles. The van der Waals surface area contributed by atoms with Crippen LogP contribution in [0.3, 0.4) is 0 Å². The molecule has 0 fully saturated rings. The van der Waals surface area contributed by atoms with Crippen LogP contribution in [0.2, 0.25) is 0 Å². The Balaban J connectivity index is 2.42. The molecule has 0 spiro atoms. The summed E-state index contributed by atoms with van der Waals surface area (Å²) in [5.74, 6) is 0.329. The maximum atomic E-state index is 9.07. The molecule has 0 saturated heterocycles. The number of aliphatic hydroxyl groups is 1. The van der Waals surface area contributed by atoms with Crippen molar-refractivity contribution in [2.24, 2.45) is 5.92 Å². The van der Waals surface area contributed by atoms with E-state index in [0.29, 0.717) is 5.92 Å². The van der Waals surface area contributed by atoms with Crippen LogP contribution in [-0.4, -0.2) is 11.7 Å². The molecule has 2 aromatic carbocycles. The van der Waals surface area contributed by atoms with Crippen molar-refractivity contribution in [3.8, 4) is 0 Å². The van der Waals surface area contributed by atoms with E-state index in [2.05, 4.69) is 49.4 Å². The van der Waals surface area contributed by atoms with Crippen LogP contribution in [0.4, 0.5) is 0 Å². The molecule has 1 heteroatoms. The van der Waals surface area contributed by atoms with Crippen LogP contribution in [0.1, 0.15) is 12.5 Å². The summed E-state index contributed by atoms with van der Waals surface area (Å²) < 4.78 is 0. The summed E-state index contributed by atoms with van der Waals surface area (Å²) in [5.41, 5.74) is 1.33. The van der Waals surface area contributed by atoms with Crippen LogP contribution < -0.4 is 0 Å². The summed E-state index contributed by atoms with van der Waals surface area (Å²) in [6.07, 6.45) is 0.942. The zero-order valence-corrected chi connectivity index (χ0v) is 8.98. The minimum Gasteiger partial charge on any atom is -0.396 e. The fourth-order valence-corrected chi connectivity index (χ4v) is 1.91. The van der Waals surface area contributed by atoms with Crippen molar-refractivity contribution < 1.29 is 5.11 Å². The normalized spacial score (nSPS) is 12.9. The van der Waals surface area contributed by atoms with Gasteiger partial charge in [0.05, 0.1) is 0 Å². The van der Waals surface area contributed by atoms with Gasteiger partial charge in [0.15, 0.2) is 0 Å². The number of aliphatic hydroxyl groups excluding tert-OH is 1. The summed E-state index contributed by atoms with van der Waals surface area (Å²) in [7, 11) is 0. The Morgan fingerprint density at radius 1 is 1.07 bits per heavy atom. The molecule has 2 rings (SSSR count). The molecule has 0 bridgehead atoms. The summed E-state index contributed by atoms with van der Waals surface area (Å²) in [6, 6.07) is 14.8. The lowest BCUT2D eigenvalue weighted by Crippen LogP contribution is -2.04. The third-order valence-corrected chi connectivity index (χ3v) is 2.76. The Bertz CT molecular complexity index is 443. The molecule has 0 unspecified atom stereocenters. The quantitative estimate of drug-likeness (QED) is 0.807. The van der Waals surface area contributed by atoms with E-state index in [4.69, 9.17) is 5.11 Å². The first-order valence-corrected chi connectivity index (χ1v) is 5.38. The number of benzene rings is 2. The Hall–Kier alpha value is -1.34. The van der Waals surface area contributed by atoms with Crippen molar-refractivity contribution >= 4 is 10.8 Å². The van der Waals surface area contributed by atoms with E-state index in [9.17, 15) is 0 Å². The van der Waals surface area contributed by atoms with Crippen LogP contribution >= 0.6 is 0 Å². The van der Waals surface area contributed by atoms with Gasteiger partial charge in [-0.15, -0.1) is 0 Å². The van der Waals surface area contributed by atoms with Gasteiger partial charge in [-0.05, 0) is 28.7 Å². The highest BCUT2D eigenvalue weighted by atomic mass is 16.3. The van der Waals surface area contributed by atoms with Gasteiger partial charge in [0.2, 0.25) is 0 Å². The highest BCUT2D eigenvalue weighted by molar-refractivity contribution is 5.85. The second-order valence-corrected chi connectivity index (χ2v) is 4.13. The van der Waals surface area contributed by atoms with E-state index in [1.165, 1.54) is 16.3 Å². The Morgan fingerprint density at radius 2 is 1.80 bits per heavy atom. The Labute approximate surface area is 90.4 Å². The van der Waals surface area contributed by atoms with E-state index in [0.717, 1.165) is 6.42 Å². The average molecular weight is 200 g/mol. The SMILES string of the molecule is C[C@@H](CO)Cc1cccc2ccccc12. The van der Waals surface area contributed by atoms with E-state index in [1.807, 2.05) is 0 Å². The van der Waals surface area contributed by atoms with Crippen molar-refractivity contribution in [3.63, 3.8) is 0 Å². The number of hydrogen-bond acceptors (Lipinski definition) is 1. The van der Waals surface area contributed by atoms with Gasteiger partial charge in [-0.2, -0.15) is 0 Å². The molecule has 0 saturated carbocycles. The third-order valence-electron chi connectivity index (χ3n) is 2.76.